The molecule has 0 spiro atoms. The molecule has 0 aromatic carbocycles. The Bertz CT molecular complexity index is 466. The SMILES string of the molecule is CCNC(=O)CSc1nc(C)cc(C)c1C#N. The number of amides is 1. The summed E-state index contributed by atoms with van der Waals surface area (Å²) in [5, 5.41) is 12.4. The van der Waals surface area contributed by atoms with Gasteiger partial charge >= 0.3 is 0 Å². The van der Waals surface area contributed by atoms with Gasteiger partial charge in [0.1, 0.15) is 11.1 Å². The third kappa shape index (κ3) is 3.75. The van der Waals surface area contributed by atoms with E-state index in [1.54, 1.807) is 0 Å². The van der Waals surface area contributed by atoms with Crippen LogP contribution in [0.4, 0.5) is 0 Å². The van der Waals surface area contributed by atoms with Crippen molar-refractivity contribution in [2.24, 2.45) is 0 Å². The van der Waals surface area contributed by atoms with Gasteiger partial charge in [-0.3, -0.25) is 4.79 Å². The van der Waals surface area contributed by atoms with Crippen molar-refractivity contribution >= 4 is 17.7 Å². The predicted octanol–water partition coefficient (Wildman–Crippen LogP) is 1.80. The lowest BCUT2D eigenvalue weighted by Gasteiger charge is -2.07. The Morgan fingerprint density at radius 3 is 2.88 bits per heavy atom. The third-order valence-electron chi connectivity index (χ3n) is 2.14. The summed E-state index contributed by atoms with van der Waals surface area (Å²) in [6, 6.07) is 4.00. The van der Waals surface area contributed by atoms with Crippen LogP contribution < -0.4 is 5.32 Å². The van der Waals surface area contributed by atoms with Gasteiger partial charge in [-0.2, -0.15) is 5.26 Å². The van der Waals surface area contributed by atoms with Crippen molar-refractivity contribution in [1.82, 2.24) is 10.3 Å². The molecule has 0 saturated carbocycles. The Labute approximate surface area is 105 Å². The summed E-state index contributed by atoms with van der Waals surface area (Å²) < 4.78 is 0. The van der Waals surface area contributed by atoms with E-state index in [9.17, 15) is 4.79 Å². The van der Waals surface area contributed by atoms with Crippen LogP contribution in [0.25, 0.3) is 0 Å². The third-order valence-corrected chi connectivity index (χ3v) is 3.11. The Morgan fingerprint density at radius 1 is 1.59 bits per heavy atom. The smallest absolute Gasteiger partial charge is 0.230 e. The first-order valence-electron chi connectivity index (χ1n) is 5.36. The highest BCUT2D eigenvalue weighted by atomic mass is 32.2. The molecule has 0 unspecified atom stereocenters. The zero-order valence-corrected chi connectivity index (χ0v) is 11.0. The van der Waals surface area contributed by atoms with Crippen LogP contribution in [-0.4, -0.2) is 23.2 Å². The maximum absolute atomic E-state index is 11.3. The second-order valence-electron chi connectivity index (χ2n) is 3.61. The summed E-state index contributed by atoms with van der Waals surface area (Å²) in [7, 11) is 0. The topological polar surface area (TPSA) is 65.8 Å². The van der Waals surface area contributed by atoms with Crippen LogP contribution in [0, 0.1) is 25.2 Å². The number of nitrogens with one attached hydrogen (secondary N) is 1. The van der Waals surface area contributed by atoms with Crippen molar-refractivity contribution in [1.29, 1.82) is 5.26 Å². The van der Waals surface area contributed by atoms with Gasteiger partial charge in [-0.1, -0.05) is 11.8 Å². The molecule has 1 aromatic heterocycles. The molecular formula is C12H15N3OS. The molecule has 0 radical (unpaired) electrons. The summed E-state index contributed by atoms with van der Waals surface area (Å²) in [5.41, 5.74) is 2.32. The highest BCUT2D eigenvalue weighted by molar-refractivity contribution is 8.00. The lowest BCUT2D eigenvalue weighted by atomic mass is 10.1. The van der Waals surface area contributed by atoms with Crippen molar-refractivity contribution in [2.75, 3.05) is 12.3 Å². The average Bonchev–Trinajstić information content (AvgIpc) is 2.26. The number of carbonyl (C=O) groups is 1. The molecule has 1 amide bonds. The van der Waals surface area contributed by atoms with Gasteiger partial charge < -0.3 is 5.32 Å². The molecule has 0 bridgehead atoms. The fourth-order valence-electron chi connectivity index (χ4n) is 1.43. The Balaban J connectivity index is 2.84. The minimum atomic E-state index is -0.0395. The minimum absolute atomic E-state index is 0.0395. The van der Waals surface area contributed by atoms with Gasteiger partial charge in [0.05, 0.1) is 11.3 Å². The van der Waals surface area contributed by atoms with Gasteiger partial charge in [0, 0.05) is 12.2 Å². The lowest BCUT2D eigenvalue weighted by molar-refractivity contribution is -0.118. The van der Waals surface area contributed by atoms with Crippen LogP contribution >= 0.6 is 11.8 Å². The molecule has 0 aliphatic heterocycles. The van der Waals surface area contributed by atoms with Gasteiger partial charge in [-0.05, 0) is 32.4 Å². The zero-order valence-electron chi connectivity index (χ0n) is 10.2. The second kappa shape index (κ2) is 6.26. The number of hydrogen-bond donors (Lipinski definition) is 1. The summed E-state index contributed by atoms with van der Waals surface area (Å²) in [6.07, 6.45) is 0. The summed E-state index contributed by atoms with van der Waals surface area (Å²) in [4.78, 5) is 15.6. The van der Waals surface area contributed by atoms with Crippen molar-refractivity contribution < 1.29 is 4.79 Å². The number of aromatic nitrogens is 1. The molecular weight excluding hydrogens is 234 g/mol. The maximum atomic E-state index is 11.3. The number of nitrogens with zero attached hydrogens (tertiary/aromatic N) is 2. The Hall–Kier alpha value is -1.54. The highest BCUT2D eigenvalue weighted by Gasteiger charge is 2.10. The zero-order chi connectivity index (χ0) is 12.8. The van der Waals surface area contributed by atoms with Gasteiger partial charge in [0.2, 0.25) is 5.91 Å². The molecule has 17 heavy (non-hydrogen) atoms. The van der Waals surface area contributed by atoms with Crippen LogP contribution in [-0.2, 0) is 4.79 Å². The molecule has 0 aliphatic carbocycles. The van der Waals surface area contributed by atoms with Crippen LogP contribution in [0.2, 0.25) is 0 Å². The normalized spacial score (nSPS) is 9.76. The minimum Gasteiger partial charge on any atom is -0.356 e. The number of pyridine rings is 1. The lowest BCUT2D eigenvalue weighted by Crippen LogP contribution is -2.24. The van der Waals surface area contributed by atoms with Gasteiger partial charge in [-0.25, -0.2) is 4.98 Å². The number of nitriles is 1. The van der Waals surface area contributed by atoms with Crippen molar-refractivity contribution in [2.45, 2.75) is 25.8 Å². The molecule has 0 atom stereocenters. The highest BCUT2D eigenvalue weighted by Crippen LogP contribution is 2.23. The van der Waals surface area contributed by atoms with E-state index in [0.717, 1.165) is 11.3 Å². The first-order valence-corrected chi connectivity index (χ1v) is 6.34. The fourth-order valence-corrected chi connectivity index (χ4v) is 2.35. The van der Waals surface area contributed by atoms with Gasteiger partial charge in [0.25, 0.3) is 0 Å². The molecule has 0 fully saturated rings. The van der Waals surface area contributed by atoms with E-state index in [-0.39, 0.29) is 5.91 Å². The van der Waals surface area contributed by atoms with Crippen molar-refractivity contribution in [3.63, 3.8) is 0 Å². The number of thioether (sulfide) groups is 1. The molecule has 1 heterocycles. The van der Waals surface area contributed by atoms with Crippen LogP contribution in [0.3, 0.4) is 0 Å². The standard InChI is InChI=1S/C12H15N3OS/c1-4-14-11(16)7-17-12-10(6-13)8(2)5-9(3)15-12/h5H,4,7H2,1-3H3,(H,14,16). The van der Waals surface area contributed by atoms with E-state index >= 15 is 0 Å². The Morgan fingerprint density at radius 2 is 2.29 bits per heavy atom. The molecule has 1 rings (SSSR count). The molecule has 1 aromatic rings. The predicted molar refractivity (Wildman–Crippen MR) is 67.8 cm³/mol. The second-order valence-corrected chi connectivity index (χ2v) is 4.58. The summed E-state index contributed by atoms with van der Waals surface area (Å²) >= 11 is 1.30. The molecule has 4 nitrogen and oxygen atoms in total. The van der Waals surface area contributed by atoms with E-state index in [0.29, 0.717) is 22.9 Å². The van der Waals surface area contributed by atoms with E-state index in [4.69, 9.17) is 5.26 Å². The van der Waals surface area contributed by atoms with Crippen molar-refractivity contribution in [3.8, 4) is 6.07 Å². The number of hydrogen-bond acceptors (Lipinski definition) is 4. The molecule has 1 N–H and O–H groups in total. The van der Waals surface area contributed by atoms with Crippen LogP contribution in [0.1, 0.15) is 23.7 Å². The van der Waals surface area contributed by atoms with E-state index in [1.807, 2.05) is 26.8 Å². The molecule has 0 saturated heterocycles. The number of aryl methyl sites for hydroxylation is 2. The van der Waals surface area contributed by atoms with E-state index in [2.05, 4.69) is 16.4 Å². The summed E-state index contributed by atoms with van der Waals surface area (Å²) in [6.45, 7) is 6.25. The van der Waals surface area contributed by atoms with Gasteiger partial charge in [0.15, 0.2) is 0 Å². The quantitative estimate of drug-likeness (QED) is 0.826. The molecule has 5 heteroatoms. The average molecular weight is 249 g/mol. The summed E-state index contributed by atoms with van der Waals surface area (Å²) in [5.74, 6) is 0.251. The molecule has 0 aliphatic rings. The molecule has 90 valence electrons. The van der Waals surface area contributed by atoms with E-state index < -0.39 is 0 Å². The monoisotopic (exact) mass is 249 g/mol. The van der Waals surface area contributed by atoms with Crippen molar-refractivity contribution in [3.05, 3.63) is 22.9 Å². The fraction of sp³-hybridized carbons (Fsp3) is 0.417. The Kier molecular flexibility index (Phi) is 4.98. The van der Waals surface area contributed by atoms with Crippen LogP contribution in [0.15, 0.2) is 11.1 Å². The maximum Gasteiger partial charge on any atom is 0.230 e. The van der Waals surface area contributed by atoms with E-state index in [1.165, 1.54) is 11.8 Å². The first-order chi connectivity index (χ1) is 8.08. The largest absolute Gasteiger partial charge is 0.356 e. The first kappa shape index (κ1) is 13.5. The number of carbonyl (C=O) groups excluding carboxylic acids is 1. The van der Waals surface area contributed by atoms with Gasteiger partial charge in [-0.15, -0.1) is 0 Å². The number of rotatable bonds is 4. The van der Waals surface area contributed by atoms with Crippen LogP contribution in [0.5, 0.6) is 0 Å².